The van der Waals surface area contributed by atoms with E-state index in [-0.39, 0.29) is 5.91 Å². The predicted molar refractivity (Wildman–Crippen MR) is 80.4 cm³/mol. The molecule has 0 aliphatic carbocycles. The van der Waals surface area contributed by atoms with E-state index in [2.05, 4.69) is 11.9 Å². The number of aliphatic carboxylic acids is 1. The maximum atomic E-state index is 11.5. The molecule has 0 unspecified atom stereocenters. The minimum absolute atomic E-state index is 0.0799. The number of rotatable bonds is 13. The van der Waals surface area contributed by atoms with Gasteiger partial charge in [0.15, 0.2) is 0 Å². The van der Waals surface area contributed by atoms with E-state index in [0.717, 1.165) is 44.9 Å². The molecule has 5 nitrogen and oxygen atoms in total. The quantitative estimate of drug-likeness (QED) is 0.357. The molecular weight excluding hydrogens is 256 g/mol. The molecule has 1 amide bonds. The monoisotopic (exact) mass is 284 g/mol. The van der Waals surface area contributed by atoms with Gasteiger partial charge in [-0.25, -0.2) is 0 Å². The van der Waals surface area contributed by atoms with Crippen LogP contribution in [-0.2, 0) is 9.59 Å². The second-order valence-electron chi connectivity index (χ2n) is 5.03. The Morgan fingerprint density at radius 2 is 1.85 bits per heavy atom. The number of nitrogens with one attached hydrogen (secondary N) is 1. The number of nitrogens with two attached hydrogens (primary N) is 1. The van der Waals surface area contributed by atoms with Crippen molar-refractivity contribution in [3.63, 3.8) is 0 Å². The zero-order valence-electron chi connectivity index (χ0n) is 12.3. The minimum atomic E-state index is -0.967. The van der Waals surface area contributed by atoms with Crippen LogP contribution in [0.4, 0.5) is 0 Å². The molecule has 0 fully saturated rings. The van der Waals surface area contributed by atoms with Crippen LogP contribution in [0.15, 0.2) is 12.7 Å². The van der Waals surface area contributed by atoms with E-state index < -0.39 is 12.0 Å². The molecule has 0 saturated carbocycles. The molecule has 4 N–H and O–H groups in total. The molecule has 0 bridgehead atoms. The second-order valence-corrected chi connectivity index (χ2v) is 5.03. The van der Waals surface area contributed by atoms with Crippen molar-refractivity contribution < 1.29 is 14.7 Å². The summed E-state index contributed by atoms with van der Waals surface area (Å²) in [6, 6.07) is -0.790. The zero-order valence-corrected chi connectivity index (χ0v) is 12.3. The minimum Gasteiger partial charge on any atom is -0.480 e. The van der Waals surface area contributed by atoms with Crippen LogP contribution in [0.25, 0.3) is 0 Å². The van der Waals surface area contributed by atoms with Crippen LogP contribution in [-0.4, -0.2) is 29.6 Å². The first-order valence-corrected chi connectivity index (χ1v) is 7.44. The van der Waals surface area contributed by atoms with Gasteiger partial charge in [-0.3, -0.25) is 9.59 Å². The lowest BCUT2D eigenvalue weighted by atomic mass is 10.1. The SMILES string of the molecule is C=CCCCCCCC(=O)NCCCC[C@H](N)C(=O)O. The fourth-order valence-electron chi connectivity index (χ4n) is 1.86. The molecule has 0 radical (unpaired) electrons. The van der Waals surface area contributed by atoms with Crippen molar-refractivity contribution in [3.05, 3.63) is 12.7 Å². The van der Waals surface area contributed by atoms with E-state index in [1.807, 2.05) is 6.08 Å². The molecule has 1 atom stereocenters. The Morgan fingerprint density at radius 3 is 2.50 bits per heavy atom. The van der Waals surface area contributed by atoms with Crippen molar-refractivity contribution >= 4 is 11.9 Å². The summed E-state index contributed by atoms with van der Waals surface area (Å²) in [7, 11) is 0. The van der Waals surface area contributed by atoms with Gasteiger partial charge in [-0.05, 0) is 38.5 Å². The maximum Gasteiger partial charge on any atom is 0.320 e. The van der Waals surface area contributed by atoms with Crippen molar-refractivity contribution in [2.45, 2.75) is 63.8 Å². The summed E-state index contributed by atoms with van der Waals surface area (Å²) in [5.74, 6) is -0.887. The fraction of sp³-hybridized carbons (Fsp3) is 0.733. The molecule has 0 rings (SSSR count). The number of unbranched alkanes of at least 4 members (excludes halogenated alkanes) is 5. The molecule has 0 aromatic carbocycles. The Bertz CT molecular complexity index is 293. The Hall–Kier alpha value is -1.36. The highest BCUT2D eigenvalue weighted by molar-refractivity contribution is 5.75. The van der Waals surface area contributed by atoms with Gasteiger partial charge >= 0.3 is 5.97 Å². The molecular formula is C15H28N2O3. The summed E-state index contributed by atoms with van der Waals surface area (Å²) in [6.45, 7) is 4.27. The number of carboxylic acids is 1. The first-order chi connectivity index (χ1) is 9.57. The van der Waals surface area contributed by atoms with E-state index in [4.69, 9.17) is 10.8 Å². The first kappa shape index (κ1) is 18.6. The third-order valence-electron chi connectivity index (χ3n) is 3.14. The summed E-state index contributed by atoms with van der Waals surface area (Å²) in [6.07, 6.45) is 9.77. The zero-order chi connectivity index (χ0) is 15.2. The number of carbonyl (C=O) groups is 2. The Morgan fingerprint density at radius 1 is 1.15 bits per heavy atom. The first-order valence-electron chi connectivity index (χ1n) is 7.44. The number of carbonyl (C=O) groups excluding carboxylic acids is 1. The van der Waals surface area contributed by atoms with Crippen LogP contribution in [0.1, 0.15) is 57.8 Å². The lowest BCUT2D eigenvalue weighted by molar-refractivity contribution is -0.138. The van der Waals surface area contributed by atoms with Gasteiger partial charge in [-0.1, -0.05) is 18.9 Å². The third kappa shape index (κ3) is 11.7. The summed E-state index contributed by atoms with van der Waals surface area (Å²) in [5, 5.41) is 11.4. The van der Waals surface area contributed by atoms with Crippen molar-refractivity contribution in [2.75, 3.05) is 6.54 Å². The molecule has 0 saturated heterocycles. The van der Waals surface area contributed by atoms with Crippen LogP contribution in [0, 0.1) is 0 Å². The summed E-state index contributed by atoms with van der Waals surface area (Å²) >= 11 is 0. The van der Waals surface area contributed by atoms with Crippen LogP contribution in [0.2, 0.25) is 0 Å². The molecule has 0 aliphatic rings. The molecule has 0 heterocycles. The molecule has 20 heavy (non-hydrogen) atoms. The smallest absolute Gasteiger partial charge is 0.320 e. The van der Waals surface area contributed by atoms with Crippen molar-refractivity contribution in [1.82, 2.24) is 5.32 Å². The van der Waals surface area contributed by atoms with Gasteiger partial charge in [-0.2, -0.15) is 0 Å². The third-order valence-corrected chi connectivity index (χ3v) is 3.14. The molecule has 0 aromatic rings. The predicted octanol–water partition coefficient (Wildman–Crippen LogP) is 2.21. The lowest BCUT2D eigenvalue weighted by Gasteiger charge is -2.07. The van der Waals surface area contributed by atoms with Crippen LogP contribution in [0.3, 0.4) is 0 Å². The van der Waals surface area contributed by atoms with E-state index in [1.54, 1.807) is 0 Å². The van der Waals surface area contributed by atoms with Gasteiger partial charge in [-0.15, -0.1) is 6.58 Å². The summed E-state index contributed by atoms with van der Waals surface area (Å²) in [5.41, 5.74) is 5.38. The Kier molecular flexibility index (Phi) is 11.8. The summed E-state index contributed by atoms with van der Waals surface area (Å²) < 4.78 is 0. The highest BCUT2D eigenvalue weighted by atomic mass is 16.4. The number of carboxylic acid groups (broad SMARTS) is 1. The Balaban J connectivity index is 3.32. The molecule has 5 heteroatoms. The fourth-order valence-corrected chi connectivity index (χ4v) is 1.86. The second kappa shape index (κ2) is 12.7. The average Bonchev–Trinajstić information content (AvgIpc) is 2.41. The van der Waals surface area contributed by atoms with Gasteiger partial charge < -0.3 is 16.2 Å². The maximum absolute atomic E-state index is 11.5. The highest BCUT2D eigenvalue weighted by Crippen LogP contribution is 2.05. The molecule has 0 aliphatic heterocycles. The average molecular weight is 284 g/mol. The molecule has 116 valence electrons. The molecule has 0 spiro atoms. The standard InChI is InChI=1S/C15H28N2O3/c1-2-3-4-5-6-7-11-14(18)17-12-9-8-10-13(16)15(19)20/h2,13H,1,3-12,16H2,(H,17,18)(H,19,20)/t13-/m0/s1. The number of hydrogen-bond donors (Lipinski definition) is 3. The lowest BCUT2D eigenvalue weighted by Crippen LogP contribution is -2.30. The normalized spacial score (nSPS) is 11.8. The number of hydrogen-bond acceptors (Lipinski definition) is 3. The summed E-state index contributed by atoms with van der Waals surface area (Å²) in [4.78, 5) is 22.0. The van der Waals surface area contributed by atoms with E-state index in [1.165, 1.54) is 0 Å². The van der Waals surface area contributed by atoms with Crippen LogP contribution >= 0.6 is 0 Å². The Labute approximate surface area is 121 Å². The van der Waals surface area contributed by atoms with E-state index in [9.17, 15) is 9.59 Å². The number of allylic oxidation sites excluding steroid dienone is 1. The van der Waals surface area contributed by atoms with Gasteiger partial charge in [0.2, 0.25) is 5.91 Å². The van der Waals surface area contributed by atoms with Crippen molar-refractivity contribution in [2.24, 2.45) is 5.73 Å². The van der Waals surface area contributed by atoms with Gasteiger partial charge in [0.25, 0.3) is 0 Å². The van der Waals surface area contributed by atoms with Gasteiger partial charge in [0, 0.05) is 13.0 Å². The van der Waals surface area contributed by atoms with Gasteiger partial charge in [0.05, 0.1) is 0 Å². The highest BCUT2D eigenvalue weighted by Gasteiger charge is 2.10. The topological polar surface area (TPSA) is 92.4 Å². The van der Waals surface area contributed by atoms with Gasteiger partial charge in [0.1, 0.15) is 6.04 Å². The van der Waals surface area contributed by atoms with Crippen molar-refractivity contribution in [1.29, 1.82) is 0 Å². The van der Waals surface area contributed by atoms with Crippen LogP contribution in [0.5, 0.6) is 0 Å². The van der Waals surface area contributed by atoms with E-state index in [0.29, 0.717) is 19.4 Å². The van der Waals surface area contributed by atoms with Crippen molar-refractivity contribution in [3.8, 4) is 0 Å². The van der Waals surface area contributed by atoms with E-state index >= 15 is 0 Å². The largest absolute Gasteiger partial charge is 0.480 e. The van der Waals surface area contributed by atoms with Crippen LogP contribution < -0.4 is 11.1 Å². The molecule has 0 aromatic heterocycles. The number of amides is 1.